The number of nitro groups is 1. The molecule has 10 heteroatoms. The average Bonchev–Trinajstić information content (AvgIpc) is 2.74. The SMILES string of the molecule is CC(=O)c1ccc([N+](=O)[O-])c(CS(=O)(=O)c2ccc(C)cc2)c1CS(=O)(=O)c1ccc(C)cc1. The Labute approximate surface area is 198 Å². The van der Waals surface area contributed by atoms with Gasteiger partial charge in [0.25, 0.3) is 5.69 Å². The van der Waals surface area contributed by atoms with E-state index in [0.29, 0.717) is 0 Å². The van der Waals surface area contributed by atoms with Crippen LogP contribution in [0, 0.1) is 24.0 Å². The average molecular weight is 502 g/mol. The molecule has 0 heterocycles. The largest absolute Gasteiger partial charge is 0.295 e. The summed E-state index contributed by atoms with van der Waals surface area (Å²) in [6, 6.07) is 14.2. The summed E-state index contributed by atoms with van der Waals surface area (Å²) in [7, 11) is -8.13. The van der Waals surface area contributed by atoms with Gasteiger partial charge in [-0.2, -0.15) is 0 Å². The lowest BCUT2D eigenvalue weighted by molar-refractivity contribution is -0.385. The zero-order valence-electron chi connectivity index (χ0n) is 18.8. The number of sulfone groups is 2. The van der Waals surface area contributed by atoms with Crippen LogP contribution in [0.1, 0.15) is 39.5 Å². The van der Waals surface area contributed by atoms with Gasteiger partial charge in [0.15, 0.2) is 25.5 Å². The monoisotopic (exact) mass is 501 g/mol. The van der Waals surface area contributed by atoms with E-state index in [9.17, 15) is 31.7 Å². The third-order valence-corrected chi connectivity index (χ3v) is 8.73. The third-order valence-electron chi connectivity index (χ3n) is 5.41. The van der Waals surface area contributed by atoms with Gasteiger partial charge in [0, 0.05) is 11.6 Å². The van der Waals surface area contributed by atoms with E-state index >= 15 is 0 Å². The maximum absolute atomic E-state index is 13.2. The summed E-state index contributed by atoms with van der Waals surface area (Å²) in [6.07, 6.45) is 0. The van der Waals surface area contributed by atoms with E-state index in [1.807, 2.05) is 0 Å². The number of rotatable bonds is 8. The molecule has 0 spiro atoms. The number of nitrogens with zero attached hydrogens (tertiary/aromatic N) is 1. The first-order valence-electron chi connectivity index (χ1n) is 10.2. The van der Waals surface area contributed by atoms with Gasteiger partial charge in [0.2, 0.25) is 0 Å². The van der Waals surface area contributed by atoms with Gasteiger partial charge in [-0.15, -0.1) is 0 Å². The molecule has 0 fully saturated rings. The maximum atomic E-state index is 13.2. The third kappa shape index (κ3) is 5.40. The molecule has 0 unspecified atom stereocenters. The smallest absolute Gasteiger partial charge is 0.273 e. The van der Waals surface area contributed by atoms with Crippen molar-refractivity contribution in [1.82, 2.24) is 0 Å². The molecule has 0 saturated heterocycles. The van der Waals surface area contributed by atoms with Crippen LogP contribution >= 0.6 is 0 Å². The zero-order valence-corrected chi connectivity index (χ0v) is 20.4. The fourth-order valence-corrected chi connectivity index (χ4v) is 6.39. The van der Waals surface area contributed by atoms with Crippen LogP contribution in [-0.2, 0) is 31.2 Å². The van der Waals surface area contributed by atoms with E-state index in [1.165, 1.54) is 37.3 Å². The lowest BCUT2D eigenvalue weighted by atomic mass is 9.99. The van der Waals surface area contributed by atoms with Crippen molar-refractivity contribution in [3.05, 3.63) is 98.6 Å². The predicted molar refractivity (Wildman–Crippen MR) is 127 cm³/mol. The van der Waals surface area contributed by atoms with E-state index in [-0.39, 0.29) is 26.5 Å². The highest BCUT2D eigenvalue weighted by Gasteiger charge is 2.30. The molecule has 0 saturated carbocycles. The van der Waals surface area contributed by atoms with Crippen molar-refractivity contribution >= 4 is 31.1 Å². The Kier molecular flexibility index (Phi) is 7.04. The Bertz CT molecular complexity index is 1360. The molecule has 0 amide bonds. The molecule has 0 radical (unpaired) electrons. The van der Waals surface area contributed by atoms with Crippen LogP contribution in [0.4, 0.5) is 5.69 Å². The van der Waals surface area contributed by atoms with Crippen molar-refractivity contribution in [3.63, 3.8) is 0 Å². The summed E-state index contributed by atoms with van der Waals surface area (Å²) in [5.74, 6) is -2.12. The van der Waals surface area contributed by atoms with Crippen molar-refractivity contribution in [2.45, 2.75) is 42.1 Å². The van der Waals surface area contributed by atoms with Crippen LogP contribution < -0.4 is 0 Å². The van der Waals surface area contributed by atoms with Gasteiger partial charge in [0.05, 0.1) is 31.8 Å². The van der Waals surface area contributed by atoms with Gasteiger partial charge in [0.1, 0.15) is 0 Å². The van der Waals surface area contributed by atoms with Gasteiger partial charge < -0.3 is 0 Å². The standard InChI is InChI=1S/C24H23NO7S2/c1-16-4-8-19(9-5-16)33(29,30)14-22-21(18(3)26)12-13-24(25(27)28)23(22)15-34(31,32)20-10-6-17(2)7-11-20/h4-13H,14-15H2,1-3H3. The Morgan fingerprint density at radius 2 is 1.15 bits per heavy atom. The summed E-state index contributed by atoms with van der Waals surface area (Å²) in [5.41, 5.74) is 0.536. The first kappa shape index (κ1) is 25.3. The van der Waals surface area contributed by atoms with E-state index in [4.69, 9.17) is 0 Å². The van der Waals surface area contributed by atoms with Crippen molar-refractivity contribution < 1.29 is 26.6 Å². The van der Waals surface area contributed by atoms with Crippen LogP contribution in [0.25, 0.3) is 0 Å². The van der Waals surface area contributed by atoms with Crippen LogP contribution in [0.15, 0.2) is 70.5 Å². The van der Waals surface area contributed by atoms with Crippen LogP contribution in [0.3, 0.4) is 0 Å². The highest BCUT2D eigenvalue weighted by atomic mass is 32.2. The second-order valence-corrected chi connectivity index (χ2v) is 12.0. The molecule has 178 valence electrons. The molecule has 0 aliphatic rings. The molecule has 0 aliphatic carbocycles. The predicted octanol–water partition coefficient (Wildman–Crippen LogP) is 4.36. The summed E-state index contributed by atoms with van der Waals surface area (Å²) < 4.78 is 52.6. The summed E-state index contributed by atoms with van der Waals surface area (Å²) >= 11 is 0. The van der Waals surface area contributed by atoms with Crippen LogP contribution in [0.2, 0.25) is 0 Å². The Morgan fingerprint density at radius 1 is 0.735 bits per heavy atom. The lowest BCUT2D eigenvalue weighted by Gasteiger charge is -2.15. The second kappa shape index (κ2) is 9.47. The second-order valence-electron chi connectivity index (χ2n) is 8.05. The van der Waals surface area contributed by atoms with E-state index in [1.54, 1.807) is 38.1 Å². The number of Topliss-reactive ketones (excluding diaryl/α,β-unsaturated/α-hetero) is 1. The normalized spacial score (nSPS) is 11.9. The van der Waals surface area contributed by atoms with Crippen molar-refractivity contribution in [3.8, 4) is 0 Å². The molecular formula is C24H23NO7S2. The van der Waals surface area contributed by atoms with Gasteiger partial charge in [-0.05, 0) is 56.7 Å². The number of nitro benzene ring substituents is 1. The number of aryl methyl sites for hydroxylation is 2. The molecule has 3 aromatic carbocycles. The van der Waals surface area contributed by atoms with Crippen molar-refractivity contribution in [2.24, 2.45) is 0 Å². The molecule has 3 aromatic rings. The summed E-state index contributed by atoms with van der Waals surface area (Å²) in [6.45, 7) is 4.77. The maximum Gasteiger partial charge on any atom is 0.273 e. The fraction of sp³-hybridized carbons (Fsp3) is 0.208. The highest BCUT2D eigenvalue weighted by Crippen LogP contribution is 2.32. The molecule has 0 atom stereocenters. The molecule has 3 rings (SSSR count). The molecule has 0 aromatic heterocycles. The van der Waals surface area contributed by atoms with Crippen molar-refractivity contribution in [2.75, 3.05) is 0 Å². The van der Waals surface area contributed by atoms with Gasteiger partial charge in [-0.25, -0.2) is 16.8 Å². The van der Waals surface area contributed by atoms with Gasteiger partial charge in [-0.3, -0.25) is 14.9 Å². The topological polar surface area (TPSA) is 128 Å². The lowest BCUT2D eigenvalue weighted by Crippen LogP contribution is -2.16. The number of benzene rings is 3. The van der Waals surface area contributed by atoms with E-state index in [2.05, 4.69) is 0 Å². The number of hydrogen-bond acceptors (Lipinski definition) is 7. The highest BCUT2D eigenvalue weighted by molar-refractivity contribution is 7.91. The summed E-state index contributed by atoms with van der Waals surface area (Å²) in [5, 5.41) is 11.8. The number of carbonyl (C=O) groups excluding carboxylic acids is 1. The zero-order chi connectivity index (χ0) is 25.3. The molecule has 34 heavy (non-hydrogen) atoms. The number of hydrogen-bond donors (Lipinski definition) is 0. The molecule has 8 nitrogen and oxygen atoms in total. The fourth-order valence-electron chi connectivity index (χ4n) is 3.55. The van der Waals surface area contributed by atoms with Crippen LogP contribution in [-0.4, -0.2) is 27.5 Å². The summed E-state index contributed by atoms with van der Waals surface area (Å²) in [4.78, 5) is 23.2. The minimum atomic E-state index is -4.09. The van der Waals surface area contributed by atoms with Gasteiger partial charge >= 0.3 is 0 Å². The number of carbonyl (C=O) groups is 1. The van der Waals surface area contributed by atoms with E-state index < -0.39 is 47.6 Å². The first-order valence-corrected chi connectivity index (χ1v) is 13.5. The quantitative estimate of drug-likeness (QED) is 0.255. The Morgan fingerprint density at radius 3 is 1.53 bits per heavy atom. The number of ketones is 1. The molecule has 0 N–H and O–H groups in total. The minimum absolute atomic E-state index is 0.0357. The Hall–Kier alpha value is -3.37. The molecule has 0 aliphatic heterocycles. The van der Waals surface area contributed by atoms with Gasteiger partial charge in [-0.1, -0.05) is 35.4 Å². The Balaban J connectivity index is 2.22. The molecule has 0 bridgehead atoms. The first-order chi connectivity index (χ1) is 15.8. The van der Waals surface area contributed by atoms with E-state index in [0.717, 1.165) is 17.2 Å². The molecular weight excluding hydrogens is 478 g/mol. The van der Waals surface area contributed by atoms with Crippen molar-refractivity contribution in [1.29, 1.82) is 0 Å². The van der Waals surface area contributed by atoms with Crippen LogP contribution in [0.5, 0.6) is 0 Å². The minimum Gasteiger partial charge on any atom is -0.295 e.